The van der Waals surface area contributed by atoms with E-state index in [1.807, 2.05) is 12.1 Å². The summed E-state index contributed by atoms with van der Waals surface area (Å²) in [7, 11) is 0. The van der Waals surface area contributed by atoms with E-state index in [2.05, 4.69) is 20.6 Å². The largest absolute Gasteiger partial charge is 0.487 e. The standard InChI is InChI=1S/C26H29ClFN5O4/c27-21-12-19(3-6-22(21)28)31-16-36-24-13-23-17(14-29-15-30-23)11-25(24)37-20-4-1-18(2-5-20)32-26(34)33-7-9-35-10-8-33/h3,6,11-15,18,20,31H,1-2,4-5,7-10,16H2,(H,32,34)/t18-,20+. The number of nitrogens with one attached hydrogen (secondary N) is 2. The van der Waals surface area contributed by atoms with Gasteiger partial charge in [-0.2, -0.15) is 0 Å². The van der Waals surface area contributed by atoms with E-state index in [4.69, 9.17) is 25.8 Å². The van der Waals surface area contributed by atoms with Crippen molar-refractivity contribution in [3.05, 3.63) is 53.7 Å². The van der Waals surface area contributed by atoms with E-state index in [9.17, 15) is 9.18 Å². The Morgan fingerprint density at radius 2 is 1.95 bits per heavy atom. The molecule has 0 unspecified atom stereocenters. The molecule has 2 heterocycles. The number of rotatable bonds is 7. The maximum atomic E-state index is 13.4. The van der Waals surface area contributed by atoms with Gasteiger partial charge in [0.2, 0.25) is 0 Å². The zero-order chi connectivity index (χ0) is 25.6. The first kappa shape index (κ1) is 25.3. The van der Waals surface area contributed by atoms with Crippen LogP contribution in [-0.2, 0) is 4.74 Å². The van der Waals surface area contributed by atoms with Crippen molar-refractivity contribution in [1.29, 1.82) is 0 Å². The zero-order valence-electron chi connectivity index (χ0n) is 20.3. The van der Waals surface area contributed by atoms with Crippen LogP contribution in [0.2, 0.25) is 5.02 Å². The monoisotopic (exact) mass is 529 g/mol. The van der Waals surface area contributed by atoms with Gasteiger partial charge >= 0.3 is 6.03 Å². The van der Waals surface area contributed by atoms with Crippen LogP contribution >= 0.6 is 11.6 Å². The summed E-state index contributed by atoms with van der Waals surface area (Å²) in [5, 5.41) is 7.11. The highest BCUT2D eigenvalue weighted by Crippen LogP contribution is 2.35. The molecule has 0 radical (unpaired) electrons. The van der Waals surface area contributed by atoms with Gasteiger partial charge in [-0.05, 0) is 49.9 Å². The van der Waals surface area contributed by atoms with Crippen LogP contribution in [0.1, 0.15) is 25.7 Å². The summed E-state index contributed by atoms with van der Waals surface area (Å²) in [6, 6.07) is 8.20. The van der Waals surface area contributed by atoms with Crippen molar-refractivity contribution in [2.45, 2.75) is 37.8 Å². The summed E-state index contributed by atoms with van der Waals surface area (Å²) in [6.45, 7) is 2.55. The average molecular weight is 530 g/mol. The molecule has 2 aliphatic rings. The van der Waals surface area contributed by atoms with Crippen LogP contribution in [0, 0.1) is 5.82 Å². The van der Waals surface area contributed by atoms with E-state index < -0.39 is 5.82 Å². The Hall–Kier alpha value is -3.37. The first-order chi connectivity index (χ1) is 18.0. The number of carbonyl (C=O) groups is 1. The lowest BCUT2D eigenvalue weighted by molar-refractivity contribution is 0.0514. The van der Waals surface area contributed by atoms with Crippen molar-refractivity contribution >= 4 is 34.2 Å². The quantitative estimate of drug-likeness (QED) is 0.431. The lowest BCUT2D eigenvalue weighted by atomic mass is 9.93. The van der Waals surface area contributed by atoms with Gasteiger partial charge < -0.3 is 29.7 Å². The molecule has 1 aliphatic heterocycles. The number of nitrogens with zero attached hydrogens (tertiary/aromatic N) is 3. The minimum Gasteiger partial charge on any atom is -0.487 e. The molecule has 0 spiro atoms. The van der Waals surface area contributed by atoms with Crippen LogP contribution in [-0.4, -0.2) is 66.1 Å². The first-order valence-electron chi connectivity index (χ1n) is 12.4. The Morgan fingerprint density at radius 3 is 2.73 bits per heavy atom. The number of ether oxygens (including phenoxy) is 3. The second-order valence-electron chi connectivity index (χ2n) is 9.12. The molecule has 196 valence electrons. The molecule has 5 rings (SSSR count). The molecule has 2 amide bonds. The van der Waals surface area contributed by atoms with Gasteiger partial charge in [0.25, 0.3) is 0 Å². The maximum absolute atomic E-state index is 13.4. The molecule has 0 atom stereocenters. The average Bonchev–Trinajstić information content (AvgIpc) is 2.92. The van der Waals surface area contributed by atoms with E-state index in [0.29, 0.717) is 43.5 Å². The summed E-state index contributed by atoms with van der Waals surface area (Å²) in [5.41, 5.74) is 1.37. The molecular weight excluding hydrogens is 501 g/mol. The highest BCUT2D eigenvalue weighted by molar-refractivity contribution is 6.31. The molecule has 2 N–H and O–H groups in total. The molecule has 9 nitrogen and oxygen atoms in total. The SMILES string of the molecule is O=C(N[C@H]1CC[C@@H](Oc2cc3cncnc3cc2OCNc2ccc(F)c(Cl)c2)CC1)N1CCOCC1. The van der Waals surface area contributed by atoms with E-state index >= 15 is 0 Å². The number of aromatic nitrogens is 2. The predicted molar refractivity (Wildman–Crippen MR) is 138 cm³/mol. The van der Waals surface area contributed by atoms with E-state index in [0.717, 1.165) is 36.6 Å². The molecule has 37 heavy (non-hydrogen) atoms. The summed E-state index contributed by atoms with van der Waals surface area (Å²) in [6.07, 6.45) is 6.49. The Kier molecular flexibility index (Phi) is 8.05. The maximum Gasteiger partial charge on any atom is 0.317 e. The Morgan fingerprint density at radius 1 is 1.14 bits per heavy atom. The Balaban J connectivity index is 1.20. The summed E-state index contributed by atoms with van der Waals surface area (Å²) in [4.78, 5) is 22.7. The number of fused-ring (bicyclic) bond motifs is 1. The van der Waals surface area contributed by atoms with Gasteiger partial charge in [-0.25, -0.2) is 19.2 Å². The van der Waals surface area contributed by atoms with Crippen LogP contribution in [0.15, 0.2) is 42.9 Å². The number of morpholine rings is 1. The van der Waals surface area contributed by atoms with Crippen molar-refractivity contribution in [3.63, 3.8) is 0 Å². The zero-order valence-corrected chi connectivity index (χ0v) is 21.0. The molecule has 2 fully saturated rings. The molecule has 2 aromatic carbocycles. The van der Waals surface area contributed by atoms with Gasteiger partial charge in [-0.15, -0.1) is 0 Å². The summed E-state index contributed by atoms with van der Waals surface area (Å²) in [5.74, 6) is 0.658. The van der Waals surface area contributed by atoms with Crippen molar-refractivity contribution < 1.29 is 23.4 Å². The van der Waals surface area contributed by atoms with Crippen LogP contribution < -0.4 is 20.1 Å². The summed E-state index contributed by atoms with van der Waals surface area (Å²) >= 11 is 5.87. The topological polar surface area (TPSA) is 97.8 Å². The van der Waals surface area contributed by atoms with Gasteiger partial charge in [-0.1, -0.05) is 11.6 Å². The highest BCUT2D eigenvalue weighted by Gasteiger charge is 2.26. The number of halogens is 2. The number of amides is 2. The highest BCUT2D eigenvalue weighted by atomic mass is 35.5. The van der Waals surface area contributed by atoms with Crippen molar-refractivity contribution in [2.75, 3.05) is 38.4 Å². The smallest absolute Gasteiger partial charge is 0.317 e. The third-order valence-electron chi connectivity index (χ3n) is 6.59. The lowest BCUT2D eigenvalue weighted by Gasteiger charge is -2.33. The molecule has 0 bridgehead atoms. The fourth-order valence-corrected chi connectivity index (χ4v) is 4.71. The van der Waals surface area contributed by atoms with Gasteiger partial charge in [0.15, 0.2) is 18.2 Å². The molecule has 11 heteroatoms. The van der Waals surface area contributed by atoms with Gasteiger partial charge in [0.1, 0.15) is 12.1 Å². The first-order valence-corrected chi connectivity index (χ1v) is 12.8. The van der Waals surface area contributed by atoms with E-state index in [1.54, 1.807) is 17.2 Å². The molecule has 1 saturated carbocycles. The van der Waals surface area contributed by atoms with E-state index in [1.165, 1.54) is 18.5 Å². The van der Waals surface area contributed by atoms with Crippen LogP contribution in [0.4, 0.5) is 14.9 Å². The second-order valence-corrected chi connectivity index (χ2v) is 9.52. The number of urea groups is 1. The van der Waals surface area contributed by atoms with E-state index in [-0.39, 0.29) is 29.9 Å². The fourth-order valence-electron chi connectivity index (χ4n) is 4.53. The minimum absolute atomic E-state index is 0.00941. The van der Waals surface area contributed by atoms with Crippen molar-refractivity contribution in [2.24, 2.45) is 0 Å². The van der Waals surface area contributed by atoms with Crippen LogP contribution in [0.25, 0.3) is 10.9 Å². The number of anilines is 1. The number of benzene rings is 2. The Bertz CT molecular complexity index is 1230. The molecular formula is C26H29ClFN5O4. The molecule has 1 saturated heterocycles. The number of hydrogen-bond acceptors (Lipinski definition) is 7. The van der Waals surface area contributed by atoms with Gasteiger partial charge in [0.05, 0.1) is 29.9 Å². The Labute approximate surface area is 219 Å². The van der Waals surface area contributed by atoms with Crippen molar-refractivity contribution in [3.8, 4) is 11.5 Å². The lowest BCUT2D eigenvalue weighted by Crippen LogP contribution is -2.50. The van der Waals surface area contributed by atoms with Gasteiger partial charge in [0, 0.05) is 42.5 Å². The van der Waals surface area contributed by atoms with Crippen LogP contribution in [0.3, 0.4) is 0 Å². The molecule has 3 aromatic rings. The predicted octanol–water partition coefficient (Wildman–Crippen LogP) is 4.60. The third kappa shape index (κ3) is 6.50. The number of hydrogen-bond donors (Lipinski definition) is 2. The number of carbonyl (C=O) groups excluding carboxylic acids is 1. The second kappa shape index (κ2) is 11.8. The van der Waals surface area contributed by atoms with Crippen LogP contribution in [0.5, 0.6) is 11.5 Å². The molecule has 1 aliphatic carbocycles. The normalized spacial score (nSPS) is 19.9. The molecule has 1 aromatic heterocycles. The fraction of sp³-hybridized carbons (Fsp3) is 0.423. The van der Waals surface area contributed by atoms with Gasteiger partial charge in [-0.3, -0.25) is 0 Å². The summed E-state index contributed by atoms with van der Waals surface area (Å²) < 4.78 is 31.1. The third-order valence-corrected chi connectivity index (χ3v) is 6.88. The van der Waals surface area contributed by atoms with Crippen molar-refractivity contribution in [1.82, 2.24) is 20.2 Å². The minimum atomic E-state index is -0.478.